The van der Waals surface area contributed by atoms with Crippen molar-refractivity contribution in [2.24, 2.45) is 0 Å². The molecule has 5 aromatic rings. The summed E-state index contributed by atoms with van der Waals surface area (Å²) in [5.74, 6) is 1.59. The molecule has 6 rings (SSSR count). The third kappa shape index (κ3) is 5.72. The molecular formula is C29H33N9O3S2. The number of sulfonamides is 1. The Hall–Kier alpha value is -4.27. The molecule has 1 aliphatic heterocycles. The van der Waals surface area contributed by atoms with Crippen LogP contribution in [-0.4, -0.2) is 86.9 Å². The maximum atomic E-state index is 12.6. The average molecular weight is 620 g/mol. The standard InChI is InChI=1S/C29H33N9O3S2/c1-18-16-22(24(41-4)17-23(18)38-13-11-36(2)12-14-38)34-29-33-21-8-15-42-27(21)28(35-29)32-20-7-6-19-25(31-10-9-30-19)26(20)37(3)43(5,39)40/h6-10,15-17H,11-14H2,1-5H3,(H2,32,33,34,35). The van der Waals surface area contributed by atoms with Gasteiger partial charge in [-0.3, -0.25) is 14.3 Å². The van der Waals surface area contributed by atoms with Crippen molar-refractivity contribution in [1.29, 1.82) is 0 Å². The molecule has 14 heteroatoms. The van der Waals surface area contributed by atoms with Crippen LogP contribution in [0.25, 0.3) is 21.3 Å². The number of nitrogens with one attached hydrogen (secondary N) is 2. The lowest BCUT2D eigenvalue weighted by molar-refractivity contribution is 0.312. The van der Waals surface area contributed by atoms with Gasteiger partial charge in [-0.1, -0.05) is 0 Å². The lowest BCUT2D eigenvalue weighted by atomic mass is 10.1. The monoisotopic (exact) mass is 619 g/mol. The highest BCUT2D eigenvalue weighted by atomic mass is 32.2. The molecule has 0 unspecified atom stereocenters. The molecule has 0 aliphatic carbocycles. The number of aromatic nitrogens is 4. The van der Waals surface area contributed by atoms with Crippen molar-refractivity contribution in [3.8, 4) is 5.75 Å². The van der Waals surface area contributed by atoms with Crippen LogP contribution in [0, 0.1) is 6.92 Å². The normalized spacial score (nSPS) is 14.3. The number of aryl methyl sites for hydroxylation is 1. The zero-order valence-corrected chi connectivity index (χ0v) is 26.3. The first-order valence-electron chi connectivity index (χ1n) is 13.7. The fraction of sp³-hybridized carbons (Fsp3) is 0.310. The summed E-state index contributed by atoms with van der Waals surface area (Å²) in [6.07, 6.45) is 4.27. The number of fused-ring (bicyclic) bond motifs is 2. The van der Waals surface area contributed by atoms with Gasteiger partial charge in [0.25, 0.3) is 0 Å². The molecule has 0 spiro atoms. The minimum absolute atomic E-state index is 0.372. The van der Waals surface area contributed by atoms with Crippen LogP contribution >= 0.6 is 11.3 Å². The van der Waals surface area contributed by atoms with Crippen molar-refractivity contribution in [1.82, 2.24) is 24.8 Å². The van der Waals surface area contributed by atoms with E-state index in [1.54, 1.807) is 31.6 Å². The van der Waals surface area contributed by atoms with Gasteiger partial charge in [0.05, 0.1) is 40.5 Å². The maximum Gasteiger partial charge on any atom is 0.232 e. The summed E-state index contributed by atoms with van der Waals surface area (Å²) in [6, 6.07) is 9.63. The summed E-state index contributed by atoms with van der Waals surface area (Å²) in [5.41, 5.74) is 5.68. The van der Waals surface area contributed by atoms with Gasteiger partial charge in [-0.2, -0.15) is 4.98 Å². The zero-order chi connectivity index (χ0) is 30.3. The number of rotatable bonds is 8. The minimum Gasteiger partial charge on any atom is -0.494 e. The molecule has 0 bridgehead atoms. The smallest absolute Gasteiger partial charge is 0.232 e. The lowest BCUT2D eigenvalue weighted by Crippen LogP contribution is -2.44. The molecule has 0 radical (unpaired) electrons. The Morgan fingerprint density at radius 1 is 0.977 bits per heavy atom. The zero-order valence-electron chi connectivity index (χ0n) is 24.6. The molecule has 0 saturated carbocycles. The first-order chi connectivity index (χ1) is 20.6. The fourth-order valence-corrected chi connectivity index (χ4v) is 6.48. The van der Waals surface area contributed by atoms with Gasteiger partial charge in [-0.05, 0) is 49.2 Å². The Kier molecular flexibility index (Phi) is 7.66. The molecule has 2 aromatic carbocycles. The number of nitrogens with zero attached hydrogens (tertiary/aromatic N) is 7. The number of hydrogen-bond donors (Lipinski definition) is 2. The van der Waals surface area contributed by atoms with E-state index in [0.29, 0.717) is 39.9 Å². The van der Waals surface area contributed by atoms with Crippen molar-refractivity contribution in [3.05, 3.63) is 53.7 Å². The van der Waals surface area contributed by atoms with Gasteiger partial charge < -0.3 is 25.2 Å². The van der Waals surface area contributed by atoms with E-state index in [2.05, 4.69) is 56.5 Å². The SMILES string of the molecule is COc1cc(N2CCN(C)CC2)c(C)cc1Nc1nc(Nc2ccc3nccnc3c2N(C)S(C)(=O)=O)c2sccc2n1. The molecule has 4 heterocycles. The van der Waals surface area contributed by atoms with E-state index < -0.39 is 10.0 Å². The summed E-state index contributed by atoms with van der Waals surface area (Å²) in [7, 11) is 1.69. The van der Waals surface area contributed by atoms with E-state index in [0.717, 1.165) is 59.6 Å². The summed E-state index contributed by atoms with van der Waals surface area (Å²) >= 11 is 1.49. The van der Waals surface area contributed by atoms with Gasteiger partial charge in [-0.15, -0.1) is 11.3 Å². The third-order valence-corrected chi connectivity index (χ3v) is 9.68. The summed E-state index contributed by atoms with van der Waals surface area (Å²) in [6.45, 7) is 6.03. The quantitative estimate of drug-likeness (QED) is 0.253. The van der Waals surface area contributed by atoms with E-state index in [4.69, 9.17) is 14.7 Å². The summed E-state index contributed by atoms with van der Waals surface area (Å²) in [5, 5.41) is 8.68. The van der Waals surface area contributed by atoms with Crippen LogP contribution in [-0.2, 0) is 10.0 Å². The lowest BCUT2D eigenvalue weighted by Gasteiger charge is -2.35. The molecule has 0 atom stereocenters. The van der Waals surface area contributed by atoms with Crippen molar-refractivity contribution < 1.29 is 13.2 Å². The van der Waals surface area contributed by atoms with Crippen LogP contribution in [0.4, 0.5) is 34.5 Å². The van der Waals surface area contributed by atoms with Gasteiger partial charge in [0.1, 0.15) is 17.0 Å². The molecule has 1 saturated heterocycles. The predicted octanol–water partition coefficient (Wildman–Crippen LogP) is 4.59. The van der Waals surface area contributed by atoms with Crippen molar-refractivity contribution in [3.63, 3.8) is 0 Å². The molecule has 3 aromatic heterocycles. The van der Waals surface area contributed by atoms with Crippen LogP contribution in [0.15, 0.2) is 48.1 Å². The van der Waals surface area contributed by atoms with Crippen LogP contribution in [0.3, 0.4) is 0 Å². The van der Waals surface area contributed by atoms with Crippen molar-refractivity contribution >= 4 is 77.1 Å². The average Bonchev–Trinajstić information content (AvgIpc) is 3.46. The van der Waals surface area contributed by atoms with E-state index in [9.17, 15) is 8.42 Å². The van der Waals surface area contributed by atoms with Gasteiger partial charge in [0.15, 0.2) is 5.82 Å². The Morgan fingerprint density at radius 3 is 2.49 bits per heavy atom. The highest BCUT2D eigenvalue weighted by Gasteiger charge is 2.23. The highest BCUT2D eigenvalue weighted by Crippen LogP contribution is 2.39. The molecule has 224 valence electrons. The maximum absolute atomic E-state index is 12.6. The first kappa shape index (κ1) is 28.8. The second-order valence-electron chi connectivity index (χ2n) is 10.5. The van der Waals surface area contributed by atoms with E-state index in [1.807, 2.05) is 11.4 Å². The molecule has 1 aliphatic rings. The number of anilines is 6. The Balaban J connectivity index is 1.38. The first-order valence-corrected chi connectivity index (χ1v) is 16.4. The number of likely N-dealkylation sites (N-methyl/N-ethyl adjacent to an activating group) is 1. The van der Waals surface area contributed by atoms with Crippen LogP contribution in [0.5, 0.6) is 5.75 Å². The van der Waals surface area contributed by atoms with E-state index in [-0.39, 0.29) is 0 Å². The van der Waals surface area contributed by atoms with Crippen LogP contribution < -0.4 is 24.6 Å². The second kappa shape index (κ2) is 11.4. The Bertz CT molecular complexity index is 1920. The Labute approximate surface area is 254 Å². The minimum atomic E-state index is -3.61. The molecule has 43 heavy (non-hydrogen) atoms. The molecule has 0 amide bonds. The van der Waals surface area contributed by atoms with Crippen molar-refractivity contribution in [2.45, 2.75) is 6.92 Å². The highest BCUT2D eigenvalue weighted by molar-refractivity contribution is 7.92. The topological polar surface area (TPSA) is 129 Å². The number of hydrogen-bond acceptors (Lipinski definition) is 12. The molecule has 1 fully saturated rings. The fourth-order valence-electron chi connectivity index (χ4n) is 5.19. The summed E-state index contributed by atoms with van der Waals surface area (Å²) < 4.78 is 33.1. The largest absolute Gasteiger partial charge is 0.494 e. The van der Waals surface area contributed by atoms with Gasteiger partial charge in [-0.25, -0.2) is 13.4 Å². The van der Waals surface area contributed by atoms with Gasteiger partial charge >= 0.3 is 0 Å². The predicted molar refractivity (Wildman–Crippen MR) is 174 cm³/mol. The van der Waals surface area contributed by atoms with Crippen LogP contribution in [0.1, 0.15) is 5.56 Å². The number of benzene rings is 2. The summed E-state index contributed by atoms with van der Waals surface area (Å²) in [4.78, 5) is 23.1. The van der Waals surface area contributed by atoms with Crippen molar-refractivity contribution in [2.75, 3.05) is 73.5 Å². The van der Waals surface area contributed by atoms with Gasteiger partial charge in [0, 0.05) is 57.4 Å². The third-order valence-electron chi connectivity index (χ3n) is 7.59. The number of ether oxygens (including phenoxy) is 1. The Morgan fingerprint density at radius 2 is 1.74 bits per heavy atom. The molecule has 12 nitrogen and oxygen atoms in total. The van der Waals surface area contributed by atoms with E-state index in [1.165, 1.54) is 22.7 Å². The van der Waals surface area contributed by atoms with E-state index >= 15 is 0 Å². The number of piperazine rings is 1. The second-order valence-corrected chi connectivity index (χ2v) is 13.5. The number of thiophene rings is 1. The van der Waals surface area contributed by atoms with Gasteiger partial charge in [0.2, 0.25) is 16.0 Å². The number of methoxy groups -OCH3 is 1. The molecular weight excluding hydrogens is 587 g/mol. The molecule has 2 N–H and O–H groups in total. The van der Waals surface area contributed by atoms with Crippen LogP contribution in [0.2, 0.25) is 0 Å².